The van der Waals surface area contributed by atoms with Crippen LogP contribution in [0.4, 0.5) is 26.3 Å². The van der Waals surface area contributed by atoms with E-state index in [-0.39, 0.29) is 32.1 Å². The average Bonchev–Trinajstić information content (AvgIpc) is 3.73. The first-order valence-corrected chi connectivity index (χ1v) is 22.1. The van der Waals surface area contributed by atoms with Crippen LogP contribution < -0.4 is 0 Å². The second-order valence-corrected chi connectivity index (χ2v) is 19.2. The highest BCUT2D eigenvalue weighted by molar-refractivity contribution is 8.77. The molecule has 2 saturated carbocycles. The minimum absolute atomic E-state index is 0.267. The lowest BCUT2D eigenvalue weighted by molar-refractivity contribution is -0.280. The van der Waals surface area contributed by atoms with Gasteiger partial charge in [-0.15, -0.1) is 11.8 Å². The molecule has 3 bridgehead atoms. The van der Waals surface area contributed by atoms with E-state index in [1.165, 1.54) is 42.7 Å². The summed E-state index contributed by atoms with van der Waals surface area (Å²) in [6, 6.07) is 9.30. The molecule has 12 nitrogen and oxygen atoms in total. The maximum atomic E-state index is 15.4. The monoisotopic (exact) mass is 902 g/mol. The number of Topliss-reactive ketones (excluding diaryl/α,β-unsaturated/α-hetero) is 2. The predicted octanol–water partition coefficient (Wildman–Crippen LogP) is 5.32. The Balaban J connectivity index is 1.19. The second-order valence-electron chi connectivity index (χ2n) is 15.4. The van der Waals surface area contributed by atoms with Crippen LogP contribution in [0.1, 0.15) is 43.2 Å². The predicted molar refractivity (Wildman–Crippen MR) is 201 cm³/mol. The zero-order valence-electron chi connectivity index (χ0n) is 31.8. The fourth-order valence-corrected chi connectivity index (χ4v) is 14.7. The van der Waals surface area contributed by atoms with Crippen molar-refractivity contribution in [1.82, 2.24) is 9.80 Å². The molecule has 0 spiro atoms. The highest BCUT2D eigenvalue weighted by Gasteiger charge is 2.79. The zero-order chi connectivity index (χ0) is 43.4. The largest absolute Gasteiger partial charge is 0.457 e. The number of hydrogen-bond donors (Lipinski definition) is 0. The van der Waals surface area contributed by atoms with Crippen molar-refractivity contribution in [2.24, 2.45) is 11.8 Å². The number of carbonyl (C=O) groups excluding carboxylic acids is 6. The number of carbonyl (C=O) groups is 6. The lowest BCUT2D eigenvalue weighted by Gasteiger charge is -2.54. The smallest absolute Gasteiger partial charge is 0.432 e. The Labute approximate surface area is 350 Å². The Bertz CT molecular complexity index is 2140. The molecule has 8 rings (SSSR count). The molecular formula is C39H36F6N2O10S3. The molecule has 21 heteroatoms. The molecule has 2 aromatic rings. The van der Waals surface area contributed by atoms with E-state index in [2.05, 4.69) is 0 Å². The van der Waals surface area contributed by atoms with Gasteiger partial charge in [-0.3, -0.25) is 19.2 Å². The normalized spacial score (nSPS) is 34.2. The van der Waals surface area contributed by atoms with Gasteiger partial charge in [-0.2, -0.15) is 26.3 Å². The van der Waals surface area contributed by atoms with Crippen molar-refractivity contribution >= 4 is 68.7 Å². The first-order chi connectivity index (χ1) is 28.3. The van der Waals surface area contributed by atoms with Gasteiger partial charge in [0.15, 0.2) is 9.74 Å². The number of benzene rings is 2. The number of rotatable bonds is 9. The van der Waals surface area contributed by atoms with Crippen molar-refractivity contribution in [2.45, 2.75) is 94.9 Å². The second kappa shape index (κ2) is 14.7. The fourth-order valence-electron chi connectivity index (χ4n) is 10.1. The molecule has 0 N–H and O–H groups in total. The van der Waals surface area contributed by atoms with Gasteiger partial charge >= 0.3 is 24.3 Å². The Morgan fingerprint density at radius 3 is 1.78 bits per heavy atom. The Kier molecular flexibility index (Phi) is 10.5. The molecule has 2 aromatic carbocycles. The summed E-state index contributed by atoms with van der Waals surface area (Å²) >= 11 is 0.850. The molecule has 0 radical (unpaired) electrons. The van der Waals surface area contributed by atoms with Crippen molar-refractivity contribution in [3.8, 4) is 0 Å². The van der Waals surface area contributed by atoms with E-state index in [1.54, 1.807) is 0 Å². The maximum Gasteiger partial charge on any atom is 0.432 e. The third kappa shape index (κ3) is 5.69. The highest BCUT2D eigenvalue weighted by atomic mass is 33.1. The van der Waals surface area contributed by atoms with Crippen LogP contribution in [0.15, 0.2) is 60.7 Å². The maximum absolute atomic E-state index is 15.4. The van der Waals surface area contributed by atoms with Crippen molar-refractivity contribution < 1.29 is 74.1 Å². The van der Waals surface area contributed by atoms with E-state index in [9.17, 15) is 45.5 Å². The molecule has 11 atom stereocenters. The number of halogens is 6. The lowest BCUT2D eigenvalue weighted by Crippen LogP contribution is -2.75. The van der Waals surface area contributed by atoms with Crippen molar-refractivity contribution in [3.05, 3.63) is 71.8 Å². The van der Waals surface area contributed by atoms with E-state index in [1.807, 2.05) is 0 Å². The summed E-state index contributed by atoms with van der Waals surface area (Å²) < 4.78 is 111. The van der Waals surface area contributed by atoms with Crippen LogP contribution in [0.5, 0.6) is 0 Å². The van der Waals surface area contributed by atoms with Crippen LogP contribution in [0, 0.1) is 11.8 Å². The number of methoxy groups -OCH3 is 2. The number of alkyl halides is 6. The molecule has 322 valence electrons. The van der Waals surface area contributed by atoms with E-state index in [4.69, 9.17) is 18.9 Å². The SMILES string of the molecule is CO[C@@](C(=O)O[C@@H]1[C@@H]2[C@H]3C[C@@]4(SS[C@@H]1CC3=O)C(=O)N1[C@@H]3[C@@H](OC(=O)[C@](OC)(c5ccccc5)C(F)(F)F)CCC(=O)[C@@H]3C[C@@]1(SC)C(=O)N24)(c1ccccc1)C(F)(F)F. The van der Waals surface area contributed by atoms with E-state index >= 15 is 9.59 Å². The minimum atomic E-state index is -5.35. The zero-order valence-corrected chi connectivity index (χ0v) is 34.3. The topological polar surface area (TPSA) is 146 Å². The molecule has 4 saturated heterocycles. The number of hydrogen-bond acceptors (Lipinski definition) is 13. The summed E-state index contributed by atoms with van der Waals surface area (Å²) in [6.07, 6.45) is -13.9. The van der Waals surface area contributed by atoms with Crippen LogP contribution >= 0.6 is 33.3 Å². The molecule has 6 fully saturated rings. The summed E-state index contributed by atoms with van der Waals surface area (Å²) in [6.45, 7) is 0. The lowest BCUT2D eigenvalue weighted by atomic mass is 9.80. The van der Waals surface area contributed by atoms with Crippen LogP contribution in [0.25, 0.3) is 0 Å². The number of nitrogens with zero attached hydrogens (tertiary/aromatic N) is 2. The van der Waals surface area contributed by atoms with Gasteiger partial charge < -0.3 is 28.7 Å². The van der Waals surface area contributed by atoms with Crippen molar-refractivity contribution in [2.75, 3.05) is 20.5 Å². The van der Waals surface area contributed by atoms with Gasteiger partial charge in [0.25, 0.3) is 23.0 Å². The van der Waals surface area contributed by atoms with Crippen molar-refractivity contribution in [1.29, 1.82) is 0 Å². The van der Waals surface area contributed by atoms with Gasteiger partial charge in [0, 0.05) is 62.9 Å². The van der Waals surface area contributed by atoms with Crippen LogP contribution in [0.2, 0.25) is 0 Å². The third-order valence-electron chi connectivity index (χ3n) is 12.8. The number of piperazine rings is 1. The summed E-state index contributed by atoms with van der Waals surface area (Å²) in [5.41, 5.74) is -8.39. The number of fused-ring (bicyclic) bond motifs is 4. The Morgan fingerprint density at radius 2 is 1.27 bits per heavy atom. The number of amides is 2. The molecule has 4 heterocycles. The van der Waals surface area contributed by atoms with Crippen LogP contribution in [-0.4, -0.2) is 117 Å². The Hall–Kier alpha value is -3.79. The van der Waals surface area contributed by atoms with E-state index in [0.29, 0.717) is 14.2 Å². The van der Waals surface area contributed by atoms with Gasteiger partial charge in [0.2, 0.25) is 0 Å². The fraction of sp³-hybridized carbons (Fsp3) is 0.538. The molecule has 0 aromatic heterocycles. The summed E-state index contributed by atoms with van der Waals surface area (Å²) in [7, 11) is 3.15. The number of ketones is 2. The average molecular weight is 903 g/mol. The number of esters is 2. The molecule has 4 aliphatic heterocycles. The van der Waals surface area contributed by atoms with Crippen molar-refractivity contribution in [3.63, 3.8) is 0 Å². The number of ether oxygens (including phenoxy) is 4. The molecule has 60 heavy (non-hydrogen) atoms. The molecular weight excluding hydrogens is 867 g/mol. The summed E-state index contributed by atoms with van der Waals surface area (Å²) in [5, 5.41) is -1.03. The van der Waals surface area contributed by atoms with Crippen LogP contribution in [-0.2, 0) is 58.9 Å². The summed E-state index contributed by atoms with van der Waals surface area (Å²) in [4.78, 5) is 84.5. The van der Waals surface area contributed by atoms with Gasteiger partial charge in [-0.05, 0) is 12.7 Å². The highest BCUT2D eigenvalue weighted by Crippen LogP contribution is 2.66. The molecule has 6 aliphatic rings. The van der Waals surface area contributed by atoms with Crippen LogP contribution in [0.3, 0.4) is 0 Å². The first kappa shape index (κ1) is 42.9. The minimum Gasteiger partial charge on any atom is -0.457 e. The van der Waals surface area contributed by atoms with Gasteiger partial charge in [-0.25, -0.2) is 9.59 Å². The molecule has 0 unspecified atom stereocenters. The third-order valence-corrected chi connectivity index (χ3v) is 17.4. The summed E-state index contributed by atoms with van der Waals surface area (Å²) in [5.74, 6) is -8.57. The van der Waals surface area contributed by atoms with E-state index < -0.39 is 121 Å². The van der Waals surface area contributed by atoms with E-state index in [0.717, 1.165) is 67.4 Å². The molecule has 2 aliphatic carbocycles. The number of thioether (sulfide) groups is 1. The quantitative estimate of drug-likeness (QED) is 0.182. The van der Waals surface area contributed by atoms with Gasteiger partial charge in [0.1, 0.15) is 23.8 Å². The van der Waals surface area contributed by atoms with Gasteiger partial charge in [-0.1, -0.05) is 82.3 Å². The first-order valence-electron chi connectivity index (χ1n) is 18.7. The standard InChI is InChI=1S/C39H36F6N2O10S3/c1-54-36(38(40,41)42,19-10-6-4-7-11-19)32(52)56-25-15-14-23(48)21-17-34(58-3)30(50)47-28-22-18-35(47,31(51)46(34)27(21)25)60-59-26(16-24(22)49)29(28)57-33(53)37(55-2,39(43,44)45)20-12-8-5-9-13-20/h4-13,21-22,25-29H,14-18H2,1-3H3/t21-,22-,25-,26+,27-,28-,29-,34+,35+,36+,37+/m0/s1. The van der Waals surface area contributed by atoms with Gasteiger partial charge in [0.05, 0.1) is 17.3 Å². The Morgan fingerprint density at radius 1 is 0.733 bits per heavy atom. The molecule has 2 amide bonds.